The summed E-state index contributed by atoms with van der Waals surface area (Å²) in [6.45, 7) is 4.06. The first-order valence-corrected chi connectivity index (χ1v) is 6.92. The summed E-state index contributed by atoms with van der Waals surface area (Å²) in [6, 6.07) is 5.01. The van der Waals surface area contributed by atoms with Crippen LogP contribution in [0, 0.1) is 0 Å². The predicted octanol–water partition coefficient (Wildman–Crippen LogP) is 1.41. The Balaban J connectivity index is 2.84. The van der Waals surface area contributed by atoms with Crippen molar-refractivity contribution in [1.29, 1.82) is 0 Å². The maximum Gasteiger partial charge on any atom is 0.341 e. The molecule has 6 nitrogen and oxygen atoms in total. The SMILES string of the molecule is CCCNC(=O)C(C)OC(=O)c1cc(N)ccc1N(C)C. The van der Waals surface area contributed by atoms with Crippen molar-refractivity contribution in [1.82, 2.24) is 5.32 Å². The van der Waals surface area contributed by atoms with Gasteiger partial charge in [-0.15, -0.1) is 0 Å². The van der Waals surface area contributed by atoms with Crippen molar-refractivity contribution in [3.63, 3.8) is 0 Å². The third-order valence-corrected chi connectivity index (χ3v) is 2.92. The topological polar surface area (TPSA) is 84.7 Å². The molecule has 0 radical (unpaired) electrons. The van der Waals surface area contributed by atoms with E-state index in [2.05, 4.69) is 5.32 Å². The van der Waals surface area contributed by atoms with Crippen LogP contribution in [-0.4, -0.2) is 38.6 Å². The molecular formula is C15H23N3O3. The second kappa shape index (κ2) is 7.52. The van der Waals surface area contributed by atoms with Crippen LogP contribution in [-0.2, 0) is 9.53 Å². The van der Waals surface area contributed by atoms with Gasteiger partial charge in [0, 0.05) is 26.3 Å². The zero-order chi connectivity index (χ0) is 16.0. The summed E-state index contributed by atoms with van der Waals surface area (Å²) in [5.74, 6) is -0.870. The van der Waals surface area contributed by atoms with Gasteiger partial charge in [0.05, 0.1) is 11.3 Å². The van der Waals surface area contributed by atoms with Crippen molar-refractivity contribution < 1.29 is 14.3 Å². The van der Waals surface area contributed by atoms with Crippen LogP contribution in [0.5, 0.6) is 0 Å². The van der Waals surface area contributed by atoms with Gasteiger partial charge in [0.15, 0.2) is 6.10 Å². The number of rotatable bonds is 6. The molecule has 1 aromatic rings. The van der Waals surface area contributed by atoms with Crippen molar-refractivity contribution >= 4 is 23.3 Å². The lowest BCUT2D eigenvalue weighted by molar-refractivity contribution is -0.129. The summed E-state index contributed by atoms with van der Waals surface area (Å²) >= 11 is 0. The Morgan fingerprint density at radius 3 is 2.62 bits per heavy atom. The summed E-state index contributed by atoms with van der Waals surface area (Å²) in [7, 11) is 3.64. The Morgan fingerprint density at radius 2 is 2.05 bits per heavy atom. The van der Waals surface area contributed by atoms with Crippen molar-refractivity contribution in [3.05, 3.63) is 23.8 Å². The Morgan fingerprint density at radius 1 is 1.38 bits per heavy atom. The molecule has 0 aliphatic rings. The molecule has 1 rings (SSSR count). The van der Waals surface area contributed by atoms with Gasteiger partial charge in [-0.05, 0) is 31.5 Å². The Labute approximate surface area is 125 Å². The fraction of sp³-hybridized carbons (Fsp3) is 0.467. The monoisotopic (exact) mass is 293 g/mol. The highest BCUT2D eigenvalue weighted by Crippen LogP contribution is 2.22. The molecule has 0 aliphatic heterocycles. The molecule has 0 bridgehead atoms. The fourth-order valence-electron chi connectivity index (χ4n) is 1.78. The van der Waals surface area contributed by atoms with Crippen LogP contribution in [0.2, 0.25) is 0 Å². The van der Waals surface area contributed by atoms with Gasteiger partial charge in [-0.1, -0.05) is 6.92 Å². The van der Waals surface area contributed by atoms with Crippen molar-refractivity contribution in [3.8, 4) is 0 Å². The molecule has 116 valence electrons. The van der Waals surface area contributed by atoms with E-state index in [1.165, 1.54) is 0 Å². The normalized spacial score (nSPS) is 11.6. The molecule has 3 N–H and O–H groups in total. The van der Waals surface area contributed by atoms with Gasteiger partial charge in [-0.2, -0.15) is 0 Å². The van der Waals surface area contributed by atoms with E-state index in [4.69, 9.17) is 10.5 Å². The quantitative estimate of drug-likeness (QED) is 0.612. The predicted molar refractivity (Wildman–Crippen MR) is 83.4 cm³/mol. The molecule has 0 aliphatic carbocycles. The van der Waals surface area contributed by atoms with Crippen molar-refractivity contribution in [2.45, 2.75) is 26.4 Å². The van der Waals surface area contributed by atoms with Crippen molar-refractivity contribution in [2.75, 3.05) is 31.3 Å². The van der Waals surface area contributed by atoms with E-state index in [0.29, 0.717) is 23.5 Å². The summed E-state index contributed by atoms with van der Waals surface area (Å²) < 4.78 is 5.21. The van der Waals surface area contributed by atoms with Gasteiger partial charge in [0.1, 0.15) is 0 Å². The number of nitrogens with one attached hydrogen (secondary N) is 1. The molecule has 1 aromatic carbocycles. The van der Waals surface area contributed by atoms with Crippen LogP contribution in [0.25, 0.3) is 0 Å². The van der Waals surface area contributed by atoms with E-state index in [-0.39, 0.29) is 5.91 Å². The lowest BCUT2D eigenvalue weighted by Crippen LogP contribution is -2.36. The minimum absolute atomic E-state index is 0.305. The fourth-order valence-corrected chi connectivity index (χ4v) is 1.78. The molecule has 0 fully saturated rings. The van der Waals surface area contributed by atoms with Crippen LogP contribution in [0.15, 0.2) is 18.2 Å². The van der Waals surface area contributed by atoms with Gasteiger partial charge < -0.3 is 20.7 Å². The number of hydrogen-bond donors (Lipinski definition) is 2. The molecule has 0 spiro atoms. The molecule has 1 unspecified atom stereocenters. The lowest BCUT2D eigenvalue weighted by atomic mass is 10.1. The van der Waals surface area contributed by atoms with Gasteiger partial charge in [-0.3, -0.25) is 4.79 Å². The number of hydrogen-bond acceptors (Lipinski definition) is 5. The highest BCUT2D eigenvalue weighted by molar-refractivity contribution is 5.98. The average molecular weight is 293 g/mol. The van der Waals surface area contributed by atoms with Gasteiger partial charge in [-0.25, -0.2) is 4.79 Å². The highest BCUT2D eigenvalue weighted by atomic mass is 16.5. The van der Waals surface area contributed by atoms with Gasteiger partial charge in [0.2, 0.25) is 0 Å². The zero-order valence-electron chi connectivity index (χ0n) is 13.0. The van der Waals surface area contributed by atoms with Crippen LogP contribution in [0.3, 0.4) is 0 Å². The molecular weight excluding hydrogens is 270 g/mol. The van der Waals surface area contributed by atoms with Crippen LogP contribution in [0.4, 0.5) is 11.4 Å². The van der Waals surface area contributed by atoms with Gasteiger partial charge in [0.25, 0.3) is 5.91 Å². The maximum absolute atomic E-state index is 12.2. The molecule has 21 heavy (non-hydrogen) atoms. The number of nitrogens with zero attached hydrogens (tertiary/aromatic N) is 1. The number of amides is 1. The molecule has 1 amide bonds. The van der Waals surface area contributed by atoms with Crippen LogP contribution >= 0.6 is 0 Å². The Bertz CT molecular complexity index is 515. The number of carbonyl (C=O) groups excluding carboxylic acids is 2. The largest absolute Gasteiger partial charge is 0.449 e. The number of esters is 1. The second-order valence-electron chi connectivity index (χ2n) is 5.01. The number of carbonyl (C=O) groups is 2. The maximum atomic E-state index is 12.2. The third-order valence-electron chi connectivity index (χ3n) is 2.92. The first-order valence-electron chi connectivity index (χ1n) is 6.92. The van der Waals surface area contributed by atoms with E-state index >= 15 is 0 Å². The number of benzene rings is 1. The third kappa shape index (κ3) is 4.66. The number of ether oxygens (including phenoxy) is 1. The van der Waals surface area contributed by atoms with Crippen LogP contribution < -0.4 is 16.0 Å². The second-order valence-corrected chi connectivity index (χ2v) is 5.01. The Hall–Kier alpha value is -2.24. The zero-order valence-corrected chi connectivity index (χ0v) is 13.0. The number of nitrogens with two attached hydrogens (primary N) is 1. The van der Waals surface area contributed by atoms with E-state index in [0.717, 1.165) is 6.42 Å². The van der Waals surface area contributed by atoms with E-state index in [1.54, 1.807) is 30.0 Å². The lowest BCUT2D eigenvalue weighted by Gasteiger charge is -2.19. The Kier molecular flexibility index (Phi) is 6.02. The number of anilines is 2. The van der Waals surface area contributed by atoms with E-state index in [9.17, 15) is 9.59 Å². The summed E-state index contributed by atoms with van der Waals surface area (Å²) in [5, 5.41) is 2.69. The summed E-state index contributed by atoms with van der Waals surface area (Å²) in [5.41, 5.74) is 7.22. The average Bonchev–Trinajstić information content (AvgIpc) is 2.43. The first kappa shape index (κ1) is 16.8. The molecule has 6 heteroatoms. The molecule has 0 heterocycles. The van der Waals surface area contributed by atoms with Crippen molar-refractivity contribution in [2.24, 2.45) is 0 Å². The van der Waals surface area contributed by atoms with E-state index < -0.39 is 12.1 Å². The minimum Gasteiger partial charge on any atom is -0.449 e. The summed E-state index contributed by atoms with van der Waals surface area (Å²) in [4.78, 5) is 25.7. The number of nitrogen functional groups attached to an aromatic ring is 1. The minimum atomic E-state index is -0.847. The highest BCUT2D eigenvalue weighted by Gasteiger charge is 2.21. The van der Waals surface area contributed by atoms with Gasteiger partial charge >= 0.3 is 5.97 Å². The molecule has 1 atom stereocenters. The summed E-state index contributed by atoms with van der Waals surface area (Å²) in [6.07, 6.45) is -0.0210. The smallest absolute Gasteiger partial charge is 0.341 e. The molecule has 0 saturated heterocycles. The van der Waals surface area contributed by atoms with E-state index in [1.807, 2.05) is 21.0 Å². The van der Waals surface area contributed by atoms with Crippen LogP contribution in [0.1, 0.15) is 30.6 Å². The standard InChI is InChI=1S/C15H23N3O3/c1-5-8-17-14(19)10(2)21-15(20)12-9-11(16)6-7-13(12)18(3)4/h6-7,9-10H,5,8,16H2,1-4H3,(H,17,19). The molecule has 0 saturated carbocycles. The molecule has 0 aromatic heterocycles. The first-order chi connectivity index (χ1) is 9.86.